The standard InChI is InChI=1S/C26H21Cl2N3O4/c1-15-20(27)4-3-5-21(15)31-25(33)23(28)24(26(31)34)30-18-8-6-16(7-9-18)14-22(32)29-17-10-12-19(35-2)13-11-17/h3-13,30H,14H2,1-2H3,(H,29,32). The smallest absolute Gasteiger partial charge is 0.283 e. The van der Waals surface area contributed by atoms with Crippen LogP contribution >= 0.6 is 23.2 Å². The number of methoxy groups -OCH3 is 1. The second-order valence-corrected chi connectivity index (χ2v) is 8.58. The normalized spacial score (nSPS) is 13.3. The van der Waals surface area contributed by atoms with E-state index < -0.39 is 11.8 Å². The number of hydrogen-bond donors (Lipinski definition) is 2. The third kappa shape index (κ3) is 5.16. The summed E-state index contributed by atoms with van der Waals surface area (Å²) in [6, 6.07) is 18.9. The third-order valence-electron chi connectivity index (χ3n) is 5.47. The van der Waals surface area contributed by atoms with Crippen molar-refractivity contribution in [2.24, 2.45) is 0 Å². The van der Waals surface area contributed by atoms with Crippen molar-refractivity contribution in [1.29, 1.82) is 0 Å². The van der Waals surface area contributed by atoms with Crippen molar-refractivity contribution in [1.82, 2.24) is 0 Å². The molecule has 0 saturated heterocycles. The van der Waals surface area contributed by atoms with Gasteiger partial charge in [-0.15, -0.1) is 0 Å². The average molecular weight is 510 g/mol. The Bertz CT molecular complexity index is 1340. The summed E-state index contributed by atoms with van der Waals surface area (Å²) in [6.45, 7) is 1.72. The van der Waals surface area contributed by atoms with Gasteiger partial charge in [0.1, 0.15) is 16.5 Å². The van der Waals surface area contributed by atoms with Crippen molar-refractivity contribution in [3.63, 3.8) is 0 Å². The number of nitrogens with zero attached hydrogens (tertiary/aromatic N) is 1. The van der Waals surface area contributed by atoms with E-state index in [1.54, 1.807) is 80.8 Å². The summed E-state index contributed by atoms with van der Waals surface area (Å²) in [5, 5.41) is 5.98. The predicted octanol–water partition coefficient (Wildman–Crippen LogP) is 5.27. The van der Waals surface area contributed by atoms with Crippen LogP contribution in [0.2, 0.25) is 5.02 Å². The Morgan fingerprint density at radius 3 is 2.23 bits per heavy atom. The summed E-state index contributed by atoms with van der Waals surface area (Å²) >= 11 is 12.4. The van der Waals surface area contributed by atoms with E-state index in [4.69, 9.17) is 27.9 Å². The molecule has 0 unspecified atom stereocenters. The Labute approximate surface area is 212 Å². The molecule has 9 heteroatoms. The van der Waals surface area contributed by atoms with Gasteiger partial charge in [0.25, 0.3) is 11.8 Å². The molecule has 3 aromatic carbocycles. The zero-order valence-corrected chi connectivity index (χ0v) is 20.4. The molecule has 1 aliphatic heterocycles. The lowest BCUT2D eigenvalue weighted by molar-refractivity contribution is -0.120. The summed E-state index contributed by atoms with van der Waals surface area (Å²) in [4.78, 5) is 39.1. The van der Waals surface area contributed by atoms with Crippen LogP contribution < -0.4 is 20.3 Å². The summed E-state index contributed by atoms with van der Waals surface area (Å²) in [5.74, 6) is -0.676. The van der Waals surface area contributed by atoms with Crippen LogP contribution in [0.4, 0.5) is 17.1 Å². The maximum absolute atomic E-state index is 13.0. The number of nitrogens with one attached hydrogen (secondary N) is 2. The fourth-order valence-electron chi connectivity index (χ4n) is 3.58. The van der Waals surface area contributed by atoms with Gasteiger partial charge >= 0.3 is 0 Å². The first-order chi connectivity index (χ1) is 16.8. The number of benzene rings is 3. The van der Waals surface area contributed by atoms with Gasteiger partial charge in [0.2, 0.25) is 5.91 Å². The number of carbonyl (C=O) groups is 3. The molecule has 0 spiro atoms. The first kappa shape index (κ1) is 24.3. The Balaban J connectivity index is 1.42. The minimum Gasteiger partial charge on any atom is -0.497 e. The number of hydrogen-bond acceptors (Lipinski definition) is 5. The van der Waals surface area contributed by atoms with E-state index >= 15 is 0 Å². The molecule has 0 aromatic heterocycles. The minimum absolute atomic E-state index is 0.0268. The molecule has 0 fully saturated rings. The van der Waals surface area contributed by atoms with E-state index in [1.807, 2.05) is 0 Å². The van der Waals surface area contributed by atoms with Gasteiger partial charge in [-0.2, -0.15) is 0 Å². The molecule has 178 valence electrons. The van der Waals surface area contributed by atoms with Crippen LogP contribution in [0.5, 0.6) is 5.75 Å². The Hall–Kier alpha value is -3.81. The summed E-state index contributed by atoms with van der Waals surface area (Å²) < 4.78 is 5.11. The van der Waals surface area contributed by atoms with Crippen LogP contribution in [0.15, 0.2) is 77.5 Å². The van der Waals surface area contributed by atoms with Gasteiger partial charge in [-0.25, -0.2) is 4.90 Å². The number of carbonyl (C=O) groups excluding carboxylic acids is 3. The van der Waals surface area contributed by atoms with Crippen molar-refractivity contribution < 1.29 is 19.1 Å². The van der Waals surface area contributed by atoms with Crippen LogP contribution in [0.25, 0.3) is 0 Å². The Morgan fingerprint density at radius 2 is 1.57 bits per heavy atom. The monoisotopic (exact) mass is 509 g/mol. The molecule has 2 N–H and O–H groups in total. The molecule has 7 nitrogen and oxygen atoms in total. The van der Waals surface area contributed by atoms with Crippen LogP contribution in [-0.2, 0) is 20.8 Å². The predicted molar refractivity (Wildman–Crippen MR) is 137 cm³/mol. The van der Waals surface area contributed by atoms with E-state index in [-0.39, 0.29) is 23.1 Å². The highest BCUT2D eigenvalue weighted by molar-refractivity contribution is 6.53. The number of anilines is 3. The van der Waals surface area contributed by atoms with Crippen LogP contribution in [0, 0.1) is 6.92 Å². The number of ether oxygens (including phenoxy) is 1. The maximum atomic E-state index is 13.0. The zero-order valence-electron chi connectivity index (χ0n) is 18.9. The zero-order chi connectivity index (χ0) is 25.1. The van der Waals surface area contributed by atoms with Crippen LogP contribution in [-0.4, -0.2) is 24.8 Å². The fourth-order valence-corrected chi connectivity index (χ4v) is 3.97. The SMILES string of the molecule is COc1ccc(NC(=O)Cc2ccc(NC3=C(Cl)C(=O)N(c4cccc(Cl)c4C)C3=O)cc2)cc1. The highest BCUT2D eigenvalue weighted by atomic mass is 35.5. The minimum atomic E-state index is -0.628. The van der Waals surface area contributed by atoms with Gasteiger partial charge < -0.3 is 15.4 Å². The van der Waals surface area contributed by atoms with Crippen LogP contribution in [0.1, 0.15) is 11.1 Å². The van der Waals surface area contributed by atoms with Crippen molar-refractivity contribution in [3.8, 4) is 5.75 Å². The molecule has 35 heavy (non-hydrogen) atoms. The van der Waals surface area contributed by atoms with Gasteiger partial charge in [0.15, 0.2) is 0 Å². The molecule has 1 aliphatic rings. The van der Waals surface area contributed by atoms with E-state index in [0.717, 1.165) is 10.5 Å². The highest BCUT2D eigenvalue weighted by Gasteiger charge is 2.39. The van der Waals surface area contributed by atoms with E-state index in [1.165, 1.54) is 0 Å². The molecule has 0 radical (unpaired) electrons. The highest BCUT2D eigenvalue weighted by Crippen LogP contribution is 2.34. The molecule has 3 aromatic rings. The van der Waals surface area contributed by atoms with Gasteiger partial charge in [-0.1, -0.05) is 41.4 Å². The average Bonchev–Trinajstić information content (AvgIpc) is 3.05. The molecule has 0 bridgehead atoms. The van der Waals surface area contributed by atoms with Gasteiger partial charge in [-0.05, 0) is 66.6 Å². The van der Waals surface area contributed by atoms with Crippen molar-refractivity contribution in [3.05, 3.63) is 93.6 Å². The molecule has 0 aliphatic carbocycles. The maximum Gasteiger partial charge on any atom is 0.283 e. The lowest BCUT2D eigenvalue weighted by atomic mass is 10.1. The molecule has 0 atom stereocenters. The molecule has 1 heterocycles. The van der Waals surface area contributed by atoms with Crippen molar-refractivity contribution in [2.45, 2.75) is 13.3 Å². The largest absolute Gasteiger partial charge is 0.497 e. The summed E-state index contributed by atoms with van der Waals surface area (Å²) in [6.07, 6.45) is 0.162. The summed E-state index contributed by atoms with van der Waals surface area (Å²) in [5.41, 5.74) is 2.93. The molecular weight excluding hydrogens is 489 g/mol. The lowest BCUT2D eigenvalue weighted by Crippen LogP contribution is -2.32. The van der Waals surface area contributed by atoms with E-state index in [9.17, 15) is 14.4 Å². The number of rotatable bonds is 7. The first-order valence-electron chi connectivity index (χ1n) is 10.6. The van der Waals surface area contributed by atoms with Gasteiger partial charge in [0, 0.05) is 16.4 Å². The lowest BCUT2D eigenvalue weighted by Gasteiger charge is -2.18. The van der Waals surface area contributed by atoms with Crippen LogP contribution in [0.3, 0.4) is 0 Å². The second kappa shape index (κ2) is 10.2. The number of halogens is 2. The van der Waals surface area contributed by atoms with Crippen molar-refractivity contribution >= 4 is 58.0 Å². The van der Waals surface area contributed by atoms with E-state index in [2.05, 4.69) is 10.6 Å². The quantitative estimate of drug-likeness (QED) is 0.423. The summed E-state index contributed by atoms with van der Waals surface area (Å²) in [7, 11) is 1.58. The third-order valence-corrected chi connectivity index (χ3v) is 6.23. The number of amides is 3. The Kier molecular flexibility index (Phi) is 7.10. The fraction of sp³-hybridized carbons (Fsp3) is 0.115. The van der Waals surface area contributed by atoms with Crippen molar-refractivity contribution in [2.75, 3.05) is 22.6 Å². The van der Waals surface area contributed by atoms with E-state index in [0.29, 0.717) is 33.4 Å². The second-order valence-electron chi connectivity index (χ2n) is 7.79. The first-order valence-corrected chi connectivity index (χ1v) is 11.4. The molecule has 3 amide bonds. The molecule has 0 saturated carbocycles. The molecule has 4 rings (SSSR count). The topological polar surface area (TPSA) is 87.7 Å². The molecular formula is C26H21Cl2N3O4. The number of imide groups is 1. The Morgan fingerprint density at radius 1 is 0.914 bits per heavy atom. The van der Waals surface area contributed by atoms with Gasteiger partial charge in [-0.3, -0.25) is 14.4 Å². The van der Waals surface area contributed by atoms with Gasteiger partial charge in [0.05, 0.1) is 19.2 Å².